The predicted octanol–water partition coefficient (Wildman–Crippen LogP) is 2.19. The fourth-order valence-electron chi connectivity index (χ4n) is 2.87. The van der Waals surface area contributed by atoms with Crippen molar-refractivity contribution in [2.45, 2.75) is 13.3 Å². The molecule has 1 atom stereocenters. The zero-order valence-corrected chi connectivity index (χ0v) is 10.5. The second kappa shape index (κ2) is 3.69. The van der Waals surface area contributed by atoms with E-state index in [0.29, 0.717) is 0 Å². The van der Waals surface area contributed by atoms with Gasteiger partial charge in [0.25, 0.3) is 0 Å². The molecule has 2 heterocycles. The summed E-state index contributed by atoms with van der Waals surface area (Å²) in [6.07, 6.45) is 3.54. The average Bonchev–Trinajstić information content (AvgIpc) is 2.81. The molecular weight excluding hydrogens is 210 g/mol. The van der Waals surface area contributed by atoms with E-state index in [9.17, 15) is 0 Å². The maximum Gasteiger partial charge on any atom is 0.0412 e. The van der Waals surface area contributed by atoms with Crippen LogP contribution in [0.4, 0.5) is 11.4 Å². The Morgan fingerprint density at radius 1 is 1.35 bits per heavy atom. The highest BCUT2D eigenvalue weighted by molar-refractivity contribution is 5.62. The molecular formula is C14H19N3. The van der Waals surface area contributed by atoms with Gasteiger partial charge in [0.1, 0.15) is 0 Å². The largest absolute Gasteiger partial charge is 0.399 e. The van der Waals surface area contributed by atoms with Crippen LogP contribution in [0.1, 0.15) is 12.0 Å². The van der Waals surface area contributed by atoms with E-state index < -0.39 is 0 Å². The lowest BCUT2D eigenvalue weighted by molar-refractivity contribution is 0.433. The molecule has 0 bridgehead atoms. The van der Waals surface area contributed by atoms with Gasteiger partial charge in [-0.15, -0.1) is 0 Å². The number of hydrogen-bond donors (Lipinski definition) is 1. The van der Waals surface area contributed by atoms with Crippen LogP contribution in [0.3, 0.4) is 0 Å². The summed E-state index contributed by atoms with van der Waals surface area (Å²) < 4.78 is 0. The number of nitrogens with zero attached hydrogens (tertiary/aromatic N) is 2. The minimum atomic E-state index is 0.720. The van der Waals surface area contributed by atoms with Crippen LogP contribution in [0.15, 0.2) is 30.1 Å². The van der Waals surface area contributed by atoms with Gasteiger partial charge >= 0.3 is 0 Å². The molecule has 3 nitrogen and oxygen atoms in total. The van der Waals surface area contributed by atoms with E-state index in [1.54, 1.807) is 0 Å². The Hall–Kier alpha value is -1.64. The van der Waals surface area contributed by atoms with Crippen LogP contribution in [-0.4, -0.2) is 25.0 Å². The summed E-state index contributed by atoms with van der Waals surface area (Å²) in [4.78, 5) is 4.72. The van der Waals surface area contributed by atoms with Crippen molar-refractivity contribution in [1.29, 1.82) is 0 Å². The quantitative estimate of drug-likeness (QED) is 0.749. The number of aryl methyl sites for hydroxylation is 1. The molecule has 3 heteroatoms. The van der Waals surface area contributed by atoms with Gasteiger partial charge in [0.2, 0.25) is 0 Å². The fraction of sp³-hybridized carbons (Fsp3) is 0.429. The molecule has 1 saturated heterocycles. The van der Waals surface area contributed by atoms with Crippen LogP contribution in [0, 0.1) is 12.8 Å². The van der Waals surface area contributed by atoms with Gasteiger partial charge in [0.15, 0.2) is 0 Å². The Kier molecular flexibility index (Phi) is 2.28. The number of rotatable bonds is 1. The smallest absolute Gasteiger partial charge is 0.0412 e. The molecule has 90 valence electrons. The lowest BCUT2D eigenvalue weighted by Gasteiger charge is -2.21. The Morgan fingerprint density at radius 3 is 2.94 bits per heavy atom. The molecule has 1 aromatic carbocycles. The molecule has 0 amide bonds. The van der Waals surface area contributed by atoms with Crippen molar-refractivity contribution in [2.75, 3.05) is 30.8 Å². The predicted molar refractivity (Wildman–Crippen MR) is 71.8 cm³/mol. The summed E-state index contributed by atoms with van der Waals surface area (Å²) in [5.74, 6) is 0.720. The molecule has 0 spiro atoms. The van der Waals surface area contributed by atoms with Gasteiger partial charge in [-0.25, -0.2) is 0 Å². The van der Waals surface area contributed by atoms with Gasteiger partial charge < -0.3 is 15.5 Å². The number of benzene rings is 1. The first-order valence-electron chi connectivity index (χ1n) is 6.21. The van der Waals surface area contributed by atoms with Crippen LogP contribution >= 0.6 is 0 Å². The molecule has 3 rings (SSSR count). The molecule has 1 fully saturated rings. The first-order chi connectivity index (χ1) is 8.15. The van der Waals surface area contributed by atoms with Gasteiger partial charge in [0.05, 0.1) is 0 Å². The Balaban J connectivity index is 1.94. The summed E-state index contributed by atoms with van der Waals surface area (Å²) in [6, 6.07) is 6.33. The Bertz CT molecular complexity index is 478. The third kappa shape index (κ3) is 1.66. The van der Waals surface area contributed by atoms with Crippen molar-refractivity contribution in [3.8, 4) is 0 Å². The van der Waals surface area contributed by atoms with E-state index in [0.717, 1.165) is 23.7 Å². The van der Waals surface area contributed by atoms with E-state index in [1.165, 1.54) is 24.4 Å². The summed E-state index contributed by atoms with van der Waals surface area (Å²) >= 11 is 0. The normalized spacial score (nSPS) is 22.9. The molecule has 0 aromatic heterocycles. The molecule has 1 unspecified atom stereocenters. The third-order valence-electron chi connectivity index (χ3n) is 3.86. The van der Waals surface area contributed by atoms with Crippen molar-refractivity contribution in [3.05, 3.63) is 35.7 Å². The monoisotopic (exact) mass is 229 g/mol. The summed E-state index contributed by atoms with van der Waals surface area (Å²) in [6.45, 7) is 4.37. The van der Waals surface area contributed by atoms with Crippen molar-refractivity contribution in [1.82, 2.24) is 4.90 Å². The highest BCUT2D eigenvalue weighted by atomic mass is 15.2. The first kappa shape index (κ1) is 10.5. The topological polar surface area (TPSA) is 32.5 Å². The average molecular weight is 229 g/mol. The summed E-state index contributed by atoms with van der Waals surface area (Å²) in [5, 5.41) is 0. The van der Waals surface area contributed by atoms with Crippen molar-refractivity contribution >= 4 is 11.4 Å². The SMILES string of the molecule is Cc1cc(N2CCC3CN(C)C=C32)ccc1N. The van der Waals surface area contributed by atoms with E-state index in [-0.39, 0.29) is 0 Å². The van der Waals surface area contributed by atoms with Crippen molar-refractivity contribution in [3.63, 3.8) is 0 Å². The molecule has 0 radical (unpaired) electrons. The lowest BCUT2D eigenvalue weighted by Crippen LogP contribution is -2.17. The van der Waals surface area contributed by atoms with Crippen molar-refractivity contribution in [2.24, 2.45) is 5.92 Å². The van der Waals surface area contributed by atoms with Crippen LogP contribution in [-0.2, 0) is 0 Å². The molecule has 0 saturated carbocycles. The highest BCUT2D eigenvalue weighted by Gasteiger charge is 2.33. The van der Waals surface area contributed by atoms with Gasteiger partial charge in [-0.3, -0.25) is 0 Å². The van der Waals surface area contributed by atoms with Crippen LogP contribution in [0.2, 0.25) is 0 Å². The zero-order chi connectivity index (χ0) is 12.0. The maximum atomic E-state index is 5.87. The van der Waals surface area contributed by atoms with Crippen LogP contribution in [0.25, 0.3) is 0 Å². The second-order valence-electron chi connectivity index (χ2n) is 5.17. The number of nitrogens with two attached hydrogens (primary N) is 1. The summed E-state index contributed by atoms with van der Waals surface area (Å²) in [5.41, 5.74) is 10.7. The molecule has 2 aliphatic heterocycles. The van der Waals surface area contributed by atoms with Crippen LogP contribution < -0.4 is 10.6 Å². The second-order valence-corrected chi connectivity index (χ2v) is 5.17. The summed E-state index contributed by atoms with van der Waals surface area (Å²) in [7, 11) is 2.15. The number of nitrogen functional groups attached to an aromatic ring is 1. The molecule has 1 aromatic rings. The van der Waals surface area contributed by atoms with Gasteiger partial charge in [-0.2, -0.15) is 0 Å². The number of anilines is 2. The fourth-order valence-corrected chi connectivity index (χ4v) is 2.87. The van der Waals surface area contributed by atoms with Gasteiger partial charge in [-0.05, 0) is 37.1 Å². The molecule has 2 N–H and O–H groups in total. The third-order valence-corrected chi connectivity index (χ3v) is 3.86. The van der Waals surface area contributed by atoms with E-state index in [4.69, 9.17) is 5.73 Å². The zero-order valence-electron chi connectivity index (χ0n) is 10.5. The molecule has 17 heavy (non-hydrogen) atoms. The lowest BCUT2D eigenvalue weighted by atomic mass is 10.1. The minimum Gasteiger partial charge on any atom is -0.399 e. The Labute approximate surface area is 103 Å². The molecule has 0 aliphatic carbocycles. The van der Waals surface area contributed by atoms with E-state index in [1.807, 2.05) is 6.07 Å². The standard InChI is InChI=1S/C14H19N3/c1-10-7-12(3-4-13(10)15)17-6-5-11-8-16(2)9-14(11)17/h3-4,7,9,11H,5-6,8,15H2,1-2H3. The van der Waals surface area contributed by atoms with Crippen LogP contribution in [0.5, 0.6) is 0 Å². The van der Waals surface area contributed by atoms with Gasteiger partial charge in [0, 0.05) is 49.3 Å². The van der Waals surface area contributed by atoms with E-state index in [2.05, 4.69) is 42.1 Å². The molecule has 2 aliphatic rings. The highest BCUT2D eigenvalue weighted by Crippen LogP contribution is 2.37. The number of fused-ring (bicyclic) bond motifs is 1. The van der Waals surface area contributed by atoms with Gasteiger partial charge in [-0.1, -0.05) is 0 Å². The number of hydrogen-bond acceptors (Lipinski definition) is 3. The van der Waals surface area contributed by atoms with E-state index >= 15 is 0 Å². The minimum absolute atomic E-state index is 0.720. The maximum absolute atomic E-state index is 5.87. The first-order valence-corrected chi connectivity index (χ1v) is 6.21. The van der Waals surface area contributed by atoms with Crippen molar-refractivity contribution < 1.29 is 0 Å². The Morgan fingerprint density at radius 2 is 2.18 bits per heavy atom.